The van der Waals surface area contributed by atoms with E-state index in [-0.39, 0.29) is 16.8 Å². The molecule has 0 bridgehead atoms. The molecule has 200 valence electrons. The number of thioether (sulfide) groups is 1. The van der Waals surface area contributed by atoms with Gasteiger partial charge in [-0.25, -0.2) is 22.4 Å². The predicted octanol–water partition coefficient (Wildman–Crippen LogP) is 6.33. The molecule has 0 aliphatic carbocycles. The fourth-order valence-corrected chi connectivity index (χ4v) is 4.11. The van der Waals surface area contributed by atoms with Crippen LogP contribution in [0.1, 0.15) is 33.2 Å². The molecule has 1 unspecified atom stereocenters. The minimum absolute atomic E-state index is 0.120. The molecule has 3 aromatic carbocycles. The molecule has 0 heterocycles. The number of hydrogen-bond acceptors (Lipinski definition) is 4. The van der Waals surface area contributed by atoms with Crippen molar-refractivity contribution in [2.24, 2.45) is 0 Å². The maximum atomic E-state index is 14.1. The minimum Gasteiger partial charge on any atom is -0.478 e. The van der Waals surface area contributed by atoms with Crippen LogP contribution < -0.4 is 10.6 Å². The molecular formula is C24H15F7N2O4S. The minimum atomic E-state index is -5.72. The fourth-order valence-electron chi connectivity index (χ4n) is 3.19. The molecule has 0 radical (unpaired) electrons. The third kappa shape index (κ3) is 6.07. The molecule has 2 amide bonds. The molecular weight excluding hydrogens is 545 g/mol. The maximum Gasteiger partial charge on any atom is 0.422 e. The van der Waals surface area contributed by atoms with E-state index in [1.807, 2.05) is 0 Å². The normalized spacial score (nSPS) is 12.1. The Morgan fingerprint density at radius 3 is 1.97 bits per heavy atom. The van der Waals surface area contributed by atoms with Gasteiger partial charge in [0.1, 0.15) is 11.3 Å². The quantitative estimate of drug-likeness (QED) is 0.178. The molecule has 0 fully saturated rings. The number of alkyl halides is 3. The molecule has 0 saturated carbocycles. The summed E-state index contributed by atoms with van der Waals surface area (Å²) in [6.07, 6.45) is -5.72. The summed E-state index contributed by atoms with van der Waals surface area (Å²) in [4.78, 5) is 36.6. The van der Waals surface area contributed by atoms with Crippen LogP contribution in [0.2, 0.25) is 0 Å². The summed E-state index contributed by atoms with van der Waals surface area (Å²) in [6, 6.07) is 11.2. The highest BCUT2D eigenvalue weighted by Gasteiger charge is 2.42. The lowest BCUT2D eigenvalue weighted by Gasteiger charge is -2.17. The second-order valence-corrected chi connectivity index (χ2v) is 9.00. The standard InChI is InChI=1S/C24H15F7N2O4S/c1-10(21(34)33-20-18(27)16(25)15(24(29,30)31)17(26)19(20)28)38-12-6-4-5-11(9-12)32-22(35)13-7-2-3-8-14(13)23(36)37/h2-10H,1H3,(H,32,35)(H,33,34)(H,36,37). The summed E-state index contributed by atoms with van der Waals surface area (Å²) < 4.78 is 94.0. The topological polar surface area (TPSA) is 95.5 Å². The Morgan fingerprint density at radius 1 is 0.842 bits per heavy atom. The zero-order valence-corrected chi connectivity index (χ0v) is 19.7. The van der Waals surface area contributed by atoms with Gasteiger partial charge in [0.05, 0.1) is 16.4 Å². The number of carbonyl (C=O) groups is 3. The lowest BCUT2D eigenvalue weighted by atomic mass is 10.1. The molecule has 0 spiro atoms. The number of carboxylic acids is 1. The summed E-state index contributed by atoms with van der Waals surface area (Å²) in [5, 5.41) is 12.1. The van der Waals surface area contributed by atoms with Crippen molar-refractivity contribution in [3.8, 4) is 0 Å². The first-order valence-corrected chi connectivity index (χ1v) is 11.2. The van der Waals surface area contributed by atoms with Crippen LogP contribution in [0.25, 0.3) is 0 Å². The van der Waals surface area contributed by atoms with E-state index in [4.69, 9.17) is 0 Å². The Hall–Kier alpha value is -4.07. The first-order valence-electron chi connectivity index (χ1n) is 10.4. The van der Waals surface area contributed by atoms with Crippen molar-refractivity contribution in [1.82, 2.24) is 0 Å². The smallest absolute Gasteiger partial charge is 0.422 e. The molecule has 1 atom stereocenters. The van der Waals surface area contributed by atoms with Crippen molar-refractivity contribution in [3.05, 3.63) is 88.5 Å². The predicted molar refractivity (Wildman–Crippen MR) is 123 cm³/mol. The molecule has 0 aliphatic rings. The van der Waals surface area contributed by atoms with Gasteiger partial charge < -0.3 is 15.7 Å². The highest BCUT2D eigenvalue weighted by atomic mass is 32.2. The molecule has 6 nitrogen and oxygen atoms in total. The zero-order valence-electron chi connectivity index (χ0n) is 18.9. The van der Waals surface area contributed by atoms with Crippen LogP contribution in [0.4, 0.5) is 42.1 Å². The number of amides is 2. The third-order valence-electron chi connectivity index (χ3n) is 4.97. The van der Waals surface area contributed by atoms with Gasteiger partial charge >= 0.3 is 12.1 Å². The number of benzene rings is 3. The summed E-state index contributed by atoms with van der Waals surface area (Å²) in [6.45, 7) is 1.24. The molecule has 38 heavy (non-hydrogen) atoms. The highest BCUT2D eigenvalue weighted by molar-refractivity contribution is 8.00. The number of aromatic carboxylic acids is 1. The van der Waals surface area contributed by atoms with Gasteiger partial charge in [-0.05, 0) is 37.3 Å². The van der Waals surface area contributed by atoms with Crippen molar-refractivity contribution in [1.29, 1.82) is 0 Å². The lowest BCUT2D eigenvalue weighted by Crippen LogP contribution is -2.25. The van der Waals surface area contributed by atoms with Gasteiger partial charge in [-0.1, -0.05) is 18.2 Å². The van der Waals surface area contributed by atoms with Crippen molar-refractivity contribution < 1.29 is 50.2 Å². The average Bonchev–Trinajstić information content (AvgIpc) is 2.84. The number of rotatable bonds is 7. The number of carboxylic acid groups (broad SMARTS) is 1. The van der Waals surface area contributed by atoms with Gasteiger partial charge in [0.15, 0.2) is 23.3 Å². The van der Waals surface area contributed by atoms with Crippen molar-refractivity contribution in [2.75, 3.05) is 10.6 Å². The Balaban J connectivity index is 1.76. The highest BCUT2D eigenvalue weighted by Crippen LogP contribution is 2.38. The number of nitrogens with one attached hydrogen (secondary N) is 2. The fraction of sp³-hybridized carbons (Fsp3) is 0.125. The monoisotopic (exact) mass is 560 g/mol. The van der Waals surface area contributed by atoms with Crippen LogP contribution in [-0.2, 0) is 11.0 Å². The van der Waals surface area contributed by atoms with E-state index < -0.39 is 63.7 Å². The molecule has 0 aromatic heterocycles. The van der Waals surface area contributed by atoms with Gasteiger partial charge in [-0.3, -0.25) is 9.59 Å². The van der Waals surface area contributed by atoms with Gasteiger partial charge in [0.2, 0.25) is 5.91 Å². The first kappa shape index (κ1) is 28.5. The summed E-state index contributed by atoms with van der Waals surface area (Å²) >= 11 is 0.774. The van der Waals surface area contributed by atoms with Gasteiger partial charge in [-0.15, -0.1) is 11.8 Å². The SMILES string of the molecule is CC(Sc1cccc(NC(=O)c2ccccc2C(=O)O)c1)C(=O)Nc1c(F)c(F)c(C(F)(F)F)c(F)c1F. The van der Waals surface area contributed by atoms with E-state index in [0.29, 0.717) is 4.90 Å². The summed E-state index contributed by atoms with van der Waals surface area (Å²) in [5.41, 5.74) is -4.65. The number of carbonyl (C=O) groups excluding carboxylic acids is 2. The number of halogens is 7. The number of hydrogen-bond donors (Lipinski definition) is 3. The summed E-state index contributed by atoms with van der Waals surface area (Å²) in [7, 11) is 0. The molecule has 14 heteroatoms. The Bertz CT molecular complexity index is 1400. The number of anilines is 2. The molecule has 3 aromatic rings. The van der Waals surface area contributed by atoms with E-state index in [2.05, 4.69) is 5.32 Å². The van der Waals surface area contributed by atoms with Gasteiger partial charge in [0, 0.05) is 10.6 Å². The van der Waals surface area contributed by atoms with Crippen LogP contribution in [0.3, 0.4) is 0 Å². The van der Waals surface area contributed by atoms with Crippen molar-refractivity contribution in [2.45, 2.75) is 23.2 Å². The molecule has 3 rings (SSSR count). The van der Waals surface area contributed by atoms with Crippen molar-refractivity contribution in [3.63, 3.8) is 0 Å². The third-order valence-corrected chi connectivity index (χ3v) is 6.06. The zero-order chi connectivity index (χ0) is 28.4. The van der Waals surface area contributed by atoms with Crippen LogP contribution in [0.15, 0.2) is 53.4 Å². The van der Waals surface area contributed by atoms with Gasteiger partial charge in [0.25, 0.3) is 5.91 Å². The molecule has 0 saturated heterocycles. The van der Waals surface area contributed by atoms with E-state index in [1.54, 1.807) is 5.32 Å². The van der Waals surface area contributed by atoms with E-state index >= 15 is 0 Å². The first-order chi connectivity index (χ1) is 17.7. The summed E-state index contributed by atoms with van der Waals surface area (Å²) in [5.74, 6) is -13.5. The van der Waals surface area contributed by atoms with E-state index in [9.17, 15) is 50.2 Å². The Kier molecular flexibility index (Phi) is 8.35. The van der Waals surface area contributed by atoms with Crippen molar-refractivity contribution >= 4 is 40.9 Å². The molecule has 0 aliphatic heterocycles. The Labute approximate surface area is 213 Å². The van der Waals surface area contributed by atoms with Crippen LogP contribution >= 0.6 is 11.8 Å². The second-order valence-electron chi connectivity index (χ2n) is 7.59. The van der Waals surface area contributed by atoms with Crippen LogP contribution in [0.5, 0.6) is 0 Å². The lowest BCUT2D eigenvalue weighted by molar-refractivity contribution is -0.143. The second kappa shape index (κ2) is 11.1. The van der Waals surface area contributed by atoms with Gasteiger partial charge in [-0.2, -0.15) is 13.2 Å². The largest absolute Gasteiger partial charge is 0.478 e. The Morgan fingerprint density at radius 2 is 1.42 bits per heavy atom. The van der Waals surface area contributed by atoms with Crippen LogP contribution in [0, 0.1) is 23.3 Å². The van der Waals surface area contributed by atoms with E-state index in [0.717, 1.165) is 11.8 Å². The maximum absolute atomic E-state index is 14.1. The van der Waals surface area contributed by atoms with E-state index in [1.165, 1.54) is 55.5 Å². The van der Waals surface area contributed by atoms with Crippen LogP contribution in [-0.4, -0.2) is 28.1 Å². The molecule has 3 N–H and O–H groups in total. The average molecular weight is 560 g/mol.